The summed E-state index contributed by atoms with van der Waals surface area (Å²) in [6, 6.07) is 8.62. The fraction of sp³-hybridized carbons (Fsp3) is 0.250. The van der Waals surface area contributed by atoms with Crippen LogP contribution in [0.4, 0.5) is 11.6 Å². The van der Waals surface area contributed by atoms with E-state index in [2.05, 4.69) is 27.0 Å². The number of Topliss-reactive ketones (excluding diaryl/α,β-unsaturated/α-hetero) is 1. The van der Waals surface area contributed by atoms with E-state index in [4.69, 9.17) is 9.37 Å². The number of carbonyl (C=O) groups is 1. The van der Waals surface area contributed by atoms with E-state index in [0.717, 1.165) is 11.3 Å². The van der Waals surface area contributed by atoms with Crippen LogP contribution in [0.1, 0.15) is 35.2 Å². The standard InChI is InChI=1S/C20H18N4O4S/c1-27-15-9-10(4-5-13(15)25)18-17-12(21-19-20(22-18)24-28-23-19)7-11(8-14(17)26)16-3-2-6-29-16/h2-6,9,11,18,25H,7-8H2,1H3,(H,21,23)(H,22,24)/t11-,18+/m1/s1. The Morgan fingerprint density at radius 1 is 1.24 bits per heavy atom. The number of rotatable bonds is 3. The first-order valence-electron chi connectivity index (χ1n) is 9.16. The first-order valence-corrected chi connectivity index (χ1v) is 10.0. The summed E-state index contributed by atoms with van der Waals surface area (Å²) in [4.78, 5) is 14.5. The second kappa shape index (κ2) is 6.93. The minimum absolute atomic E-state index is 0.0359. The number of hydrogen-bond acceptors (Lipinski definition) is 9. The molecule has 3 N–H and O–H groups in total. The molecule has 0 fully saturated rings. The Labute approximate surface area is 170 Å². The van der Waals surface area contributed by atoms with Crippen molar-refractivity contribution in [2.45, 2.75) is 24.8 Å². The number of hydrogen-bond donors (Lipinski definition) is 3. The van der Waals surface area contributed by atoms with Gasteiger partial charge in [0.05, 0.1) is 13.2 Å². The highest BCUT2D eigenvalue weighted by Crippen LogP contribution is 2.45. The predicted molar refractivity (Wildman–Crippen MR) is 107 cm³/mol. The molecule has 0 amide bonds. The minimum Gasteiger partial charge on any atom is -0.504 e. The van der Waals surface area contributed by atoms with Gasteiger partial charge in [-0.05, 0) is 45.9 Å². The smallest absolute Gasteiger partial charge is 0.219 e. The van der Waals surface area contributed by atoms with E-state index in [1.165, 1.54) is 12.0 Å². The van der Waals surface area contributed by atoms with Crippen LogP contribution in [-0.2, 0) is 4.79 Å². The zero-order valence-corrected chi connectivity index (χ0v) is 16.3. The molecule has 0 radical (unpaired) electrons. The lowest BCUT2D eigenvalue weighted by atomic mass is 9.81. The van der Waals surface area contributed by atoms with Crippen LogP contribution in [0.15, 0.2) is 51.6 Å². The van der Waals surface area contributed by atoms with Gasteiger partial charge in [0, 0.05) is 28.5 Å². The summed E-state index contributed by atoms with van der Waals surface area (Å²) in [6.07, 6.45) is 1.12. The number of nitrogens with zero attached hydrogens (tertiary/aromatic N) is 2. The summed E-state index contributed by atoms with van der Waals surface area (Å²) in [7, 11) is 1.49. The van der Waals surface area contributed by atoms with Crippen molar-refractivity contribution in [3.63, 3.8) is 0 Å². The zero-order chi connectivity index (χ0) is 20.0. The Balaban J connectivity index is 1.62. The molecule has 0 saturated heterocycles. The number of anilines is 2. The van der Waals surface area contributed by atoms with Gasteiger partial charge < -0.3 is 20.5 Å². The number of thiophene rings is 1. The van der Waals surface area contributed by atoms with Crippen LogP contribution >= 0.6 is 11.3 Å². The molecule has 1 aliphatic carbocycles. The van der Waals surface area contributed by atoms with Crippen LogP contribution in [0.3, 0.4) is 0 Å². The van der Waals surface area contributed by atoms with Gasteiger partial charge in [0.1, 0.15) is 0 Å². The summed E-state index contributed by atoms with van der Waals surface area (Å²) in [5, 5.41) is 26.4. The third-order valence-corrected chi connectivity index (χ3v) is 6.35. The van der Waals surface area contributed by atoms with Gasteiger partial charge >= 0.3 is 0 Å². The van der Waals surface area contributed by atoms with E-state index in [0.29, 0.717) is 35.8 Å². The average Bonchev–Trinajstić information content (AvgIpc) is 3.37. The van der Waals surface area contributed by atoms with Gasteiger partial charge in [0.2, 0.25) is 11.6 Å². The fourth-order valence-electron chi connectivity index (χ4n) is 3.95. The molecule has 2 aromatic heterocycles. The zero-order valence-electron chi connectivity index (χ0n) is 15.5. The SMILES string of the molecule is COc1cc([C@@H]2Nc3nonc3NC3=C2C(=O)C[C@H](c2cccs2)C3)ccc1O. The summed E-state index contributed by atoms with van der Waals surface area (Å²) >= 11 is 1.66. The third-order valence-electron chi connectivity index (χ3n) is 5.32. The Morgan fingerprint density at radius 3 is 2.90 bits per heavy atom. The van der Waals surface area contributed by atoms with Crippen molar-refractivity contribution in [3.05, 3.63) is 57.4 Å². The highest BCUT2D eigenvalue weighted by Gasteiger charge is 2.37. The van der Waals surface area contributed by atoms with Crippen LogP contribution in [0.2, 0.25) is 0 Å². The van der Waals surface area contributed by atoms with Crippen molar-refractivity contribution in [1.82, 2.24) is 10.3 Å². The van der Waals surface area contributed by atoms with E-state index < -0.39 is 6.04 Å². The number of fused-ring (bicyclic) bond motifs is 1. The van der Waals surface area contributed by atoms with Crippen LogP contribution in [-0.4, -0.2) is 28.3 Å². The number of phenols is 1. The normalized spacial score (nSPS) is 20.9. The molecule has 0 bridgehead atoms. The van der Waals surface area contributed by atoms with Crippen molar-refractivity contribution in [2.24, 2.45) is 0 Å². The molecule has 2 atom stereocenters. The Morgan fingerprint density at radius 2 is 2.10 bits per heavy atom. The van der Waals surface area contributed by atoms with Gasteiger partial charge in [0.25, 0.3) is 0 Å². The van der Waals surface area contributed by atoms with Gasteiger partial charge in [-0.1, -0.05) is 12.1 Å². The molecule has 1 aromatic carbocycles. The fourth-order valence-corrected chi connectivity index (χ4v) is 4.78. The third kappa shape index (κ3) is 3.03. The molecule has 3 aromatic rings. The molecule has 0 spiro atoms. The molecule has 8 nitrogen and oxygen atoms in total. The van der Waals surface area contributed by atoms with Crippen LogP contribution in [0.5, 0.6) is 11.5 Å². The Hall–Kier alpha value is -3.33. The van der Waals surface area contributed by atoms with E-state index in [1.54, 1.807) is 29.5 Å². The van der Waals surface area contributed by atoms with Crippen LogP contribution in [0, 0.1) is 0 Å². The number of allylic oxidation sites excluding steroid dienone is 1. The molecule has 0 unspecified atom stereocenters. The highest BCUT2D eigenvalue weighted by molar-refractivity contribution is 7.10. The Kier molecular flexibility index (Phi) is 4.24. The number of ether oxygens (including phenoxy) is 1. The van der Waals surface area contributed by atoms with Gasteiger partial charge in [0.15, 0.2) is 17.3 Å². The first-order chi connectivity index (χ1) is 14.1. The molecule has 29 heavy (non-hydrogen) atoms. The number of methoxy groups -OCH3 is 1. The number of aromatic hydroxyl groups is 1. The number of carbonyl (C=O) groups excluding carboxylic acids is 1. The molecule has 5 rings (SSSR count). The summed E-state index contributed by atoms with van der Waals surface area (Å²) in [5.41, 5.74) is 2.22. The van der Waals surface area contributed by atoms with Crippen molar-refractivity contribution in [3.8, 4) is 11.5 Å². The maximum Gasteiger partial charge on any atom is 0.219 e. The molecular formula is C20H18N4O4S. The monoisotopic (exact) mass is 410 g/mol. The number of nitrogens with one attached hydrogen (secondary N) is 2. The lowest BCUT2D eigenvalue weighted by molar-refractivity contribution is -0.116. The second-order valence-electron chi connectivity index (χ2n) is 7.03. The minimum atomic E-state index is -0.475. The molecule has 9 heteroatoms. The quantitative estimate of drug-likeness (QED) is 0.598. The molecule has 148 valence electrons. The topological polar surface area (TPSA) is 110 Å². The highest BCUT2D eigenvalue weighted by atomic mass is 32.1. The van der Waals surface area contributed by atoms with Gasteiger partial charge in [-0.25, -0.2) is 4.63 Å². The van der Waals surface area contributed by atoms with Gasteiger partial charge in [-0.3, -0.25) is 4.79 Å². The average molecular weight is 410 g/mol. The maximum atomic E-state index is 13.3. The molecule has 0 saturated carbocycles. The van der Waals surface area contributed by atoms with Gasteiger partial charge in [-0.15, -0.1) is 11.3 Å². The van der Waals surface area contributed by atoms with E-state index in [1.807, 2.05) is 11.4 Å². The number of ketones is 1. The van der Waals surface area contributed by atoms with E-state index in [-0.39, 0.29) is 17.5 Å². The van der Waals surface area contributed by atoms with Crippen molar-refractivity contribution < 1.29 is 19.3 Å². The largest absolute Gasteiger partial charge is 0.504 e. The summed E-state index contributed by atoms with van der Waals surface area (Å²) < 4.78 is 10.1. The lowest BCUT2D eigenvalue weighted by Gasteiger charge is -2.29. The molecule has 3 heterocycles. The van der Waals surface area contributed by atoms with E-state index >= 15 is 0 Å². The van der Waals surface area contributed by atoms with Crippen LogP contribution in [0.25, 0.3) is 0 Å². The predicted octanol–water partition coefficient (Wildman–Crippen LogP) is 3.82. The van der Waals surface area contributed by atoms with Gasteiger partial charge in [-0.2, -0.15) is 0 Å². The number of phenolic OH excluding ortho intramolecular Hbond substituents is 1. The van der Waals surface area contributed by atoms with Crippen LogP contribution < -0.4 is 15.4 Å². The summed E-state index contributed by atoms with van der Waals surface area (Å²) in [6.45, 7) is 0. The number of aromatic nitrogens is 2. The molecule has 1 aliphatic heterocycles. The molecule has 2 aliphatic rings. The van der Waals surface area contributed by atoms with Crippen molar-refractivity contribution in [1.29, 1.82) is 0 Å². The summed E-state index contributed by atoms with van der Waals surface area (Å²) in [5.74, 6) is 1.42. The second-order valence-corrected chi connectivity index (χ2v) is 8.01. The first kappa shape index (κ1) is 17.7. The number of benzene rings is 1. The molecular weight excluding hydrogens is 392 g/mol. The lowest BCUT2D eigenvalue weighted by Crippen LogP contribution is -2.26. The van der Waals surface area contributed by atoms with Crippen molar-refractivity contribution >= 4 is 28.8 Å². The Bertz CT molecular complexity index is 1110. The van der Waals surface area contributed by atoms with E-state index in [9.17, 15) is 9.90 Å². The van der Waals surface area contributed by atoms with Crippen molar-refractivity contribution in [2.75, 3.05) is 17.7 Å². The maximum absolute atomic E-state index is 13.3.